The first-order valence-corrected chi connectivity index (χ1v) is 11.3. The minimum Gasteiger partial charge on any atom is -0.339 e. The highest BCUT2D eigenvalue weighted by Crippen LogP contribution is 2.30. The number of rotatable bonds is 9. The van der Waals surface area contributed by atoms with E-state index in [1.54, 1.807) is 24.3 Å². The van der Waals surface area contributed by atoms with Gasteiger partial charge < -0.3 is 4.90 Å². The number of Topliss-reactive ketones (excluding diaryl/α,β-unsaturated/α-hetero) is 1. The number of hydrogen-bond donors (Lipinski definition) is 1. The van der Waals surface area contributed by atoms with E-state index in [9.17, 15) is 18.0 Å². The van der Waals surface area contributed by atoms with Gasteiger partial charge >= 0.3 is 0 Å². The molecule has 1 fully saturated rings. The number of hydrogen-bond acceptors (Lipinski definition) is 4. The number of nitrogens with zero attached hydrogens (tertiary/aromatic N) is 1. The summed E-state index contributed by atoms with van der Waals surface area (Å²) < 4.78 is 27.4. The van der Waals surface area contributed by atoms with Crippen LogP contribution in [0.25, 0.3) is 0 Å². The van der Waals surface area contributed by atoms with Gasteiger partial charge in [-0.05, 0) is 62.4 Å². The van der Waals surface area contributed by atoms with Gasteiger partial charge in [-0.3, -0.25) is 9.59 Å². The van der Waals surface area contributed by atoms with Gasteiger partial charge in [0.15, 0.2) is 5.78 Å². The van der Waals surface area contributed by atoms with E-state index < -0.39 is 10.0 Å². The van der Waals surface area contributed by atoms with Crippen molar-refractivity contribution < 1.29 is 18.0 Å². The second-order valence-electron chi connectivity index (χ2n) is 7.39. The Morgan fingerprint density at radius 2 is 1.59 bits per heavy atom. The lowest BCUT2D eigenvalue weighted by Gasteiger charge is -2.20. The van der Waals surface area contributed by atoms with Gasteiger partial charge in [-0.15, -0.1) is 0 Å². The van der Waals surface area contributed by atoms with Crippen LogP contribution in [-0.2, 0) is 16.6 Å². The molecule has 1 N–H and O–H groups in total. The summed E-state index contributed by atoms with van der Waals surface area (Å²) in [5.41, 5.74) is 1.83. The van der Waals surface area contributed by atoms with Crippen molar-refractivity contribution in [2.24, 2.45) is 5.92 Å². The monoisotopic (exact) mass is 414 g/mol. The first-order valence-electron chi connectivity index (χ1n) is 9.79. The largest absolute Gasteiger partial charge is 0.339 e. The third kappa shape index (κ3) is 5.52. The molecule has 0 atom stereocenters. The fraction of sp³-hybridized carbons (Fsp3) is 0.364. The summed E-state index contributed by atoms with van der Waals surface area (Å²) in [4.78, 5) is 25.9. The van der Waals surface area contributed by atoms with Crippen LogP contribution in [0.4, 0.5) is 0 Å². The lowest BCUT2D eigenvalue weighted by atomic mass is 10.1. The van der Waals surface area contributed by atoms with Crippen LogP contribution in [0.3, 0.4) is 0 Å². The van der Waals surface area contributed by atoms with E-state index in [0.717, 1.165) is 12.1 Å². The summed E-state index contributed by atoms with van der Waals surface area (Å²) in [6.45, 7) is 5.01. The molecule has 1 saturated carbocycles. The summed E-state index contributed by atoms with van der Waals surface area (Å²) in [5.74, 6) is 0.532. The Labute approximate surface area is 172 Å². The molecule has 0 aromatic heterocycles. The molecular formula is C22H26N2O4S. The maximum Gasteiger partial charge on any atom is 0.253 e. The van der Waals surface area contributed by atoms with E-state index in [0.29, 0.717) is 23.6 Å². The molecule has 1 aliphatic carbocycles. The van der Waals surface area contributed by atoms with Crippen molar-refractivity contribution in [1.82, 2.24) is 9.62 Å². The fourth-order valence-electron chi connectivity index (χ4n) is 3.05. The number of amides is 1. The van der Waals surface area contributed by atoms with Gasteiger partial charge in [0.25, 0.3) is 5.91 Å². The highest BCUT2D eigenvalue weighted by Gasteiger charge is 2.26. The van der Waals surface area contributed by atoms with Crippen LogP contribution in [-0.4, -0.2) is 38.1 Å². The molecule has 3 rings (SSSR count). The Hall–Kier alpha value is -2.51. The molecule has 0 unspecified atom stereocenters. The molecule has 0 spiro atoms. The third-order valence-electron chi connectivity index (χ3n) is 5.08. The average Bonchev–Trinajstić information content (AvgIpc) is 3.55. The number of ketones is 1. The smallest absolute Gasteiger partial charge is 0.253 e. The summed E-state index contributed by atoms with van der Waals surface area (Å²) in [7, 11) is -3.69. The minimum atomic E-state index is -3.69. The topological polar surface area (TPSA) is 83.6 Å². The molecule has 29 heavy (non-hydrogen) atoms. The van der Waals surface area contributed by atoms with E-state index in [1.165, 1.54) is 44.0 Å². The van der Waals surface area contributed by atoms with Crippen molar-refractivity contribution in [3.63, 3.8) is 0 Å². The second kappa shape index (κ2) is 8.88. The Kier molecular flexibility index (Phi) is 6.49. The Morgan fingerprint density at radius 1 is 1.00 bits per heavy atom. The quantitative estimate of drug-likeness (QED) is 0.639. The Balaban J connectivity index is 1.61. The van der Waals surface area contributed by atoms with E-state index in [1.807, 2.05) is 11.8 Å². The van der Waals surface area contributed by atoms with Gasteiger partial charge in [-0.1, -0.05) is 24.3 Å². The predicted octanol–water partition coefficient (Wildman–Crippen LogP) is 3.24. The molecule has 0 bridgehead atoms. The molecule has 0 radical (unpaired) electrons. The molecule has 0 heterocycles. The van der Waals surface area contributed by atoms with E-state index in [2.05, 4.69) is 4.72 Å². The van der Waals surface area contributed by atoms with Crippen molar-refractivity contribution in [2.45, 2.75) is 38.1 Å². The van der Waals surface area contributed by atoms with Gasteiger partial charge in [0.2, 0.25) is 10.0 Å². The van der Waals surface area contributed by atoms with Crippen LogP contribution in [0.15, 0.2) is 53.4 Å². The molecule has 0 aliphatic heterocycles. The Morgan fingerprint density at radius 3 is 2.10 bits per heavy atom. The molecule has 1 amide bonds. The van der Waals surface area contributed by atoms with Crippen molar-refractivity contribution >= 4 is 21.7 Å². The molecular weight excluding hydrogens is 388 g/mol. The van der Waals surface area contributed by atoms with E-state index in [4.69, 9.17) is 0 Å². The summed E-state index contributed by atoms with van der Waals surface area (Å²) in [5, 5.41) is 0. The fourth-order valence-corrected chi connectivity index (χ4v) is 4.06. The highest BCUT2D eigenvalue weighted by atomic mass is 32.2. The van der Waals surface area contributed by atoms with Crippen molar-refractivity contribution in [3.8, 4) is 0 Å². The van der Waals surface area contributed by atoms with Crippen LogP contribution in [0.2, 0.25) is 0 Å². The van der Waals surface area contributed by atoms with Gasteiger partial charge in [0.05, 0.1) is 4.90 Å². The standard InChI is InChI=1S/C22H26N2O4S/c1-3-24(15-18-4-5-18)22(26)20-8-6-17(7-9-20)14-23-29(27,28)21-12-10-19(11-13-21)16(2)25/h6-13,18,23H,3-5,14-15H2,1-2H3. The van der Waals surface area contributed by atoms with Crippen LogP contribution >= 0.6 is 0 Å². The summed E-state index contributed by atoms with van der Waals surface area (Å²) >= 11 is 0. The summed E-state index contributed by atoms with van der Waals surface area (Å²) in [6.07, 6.45) is 2.39. The SMILES string of the molecule is CCN(CC1CC1)C(=O)c1ccc(CNS(=O)(=O)c2ccc(C(C)=O)cc2)cc1. The van der Waals surface area contributed by atoms with Gasteiger partial charge in [-0.2, -0.15) is 0 Å². The van der Waals surface area contributed by atoms with Crippen LogP contribution in [0, 0.1) is 5.92 Å². The first kappa shape index (κ1) is 21.2. The van der Waals surface area contributed by atoms with E-state index in [-0.39, 0.29) is 23.1 Å². The van der Waals surface area contributed by atoms with Gasteiger partial charge in [-0.25, -0.2) is 13.1 Å². The minimum absolute atomic E-state index is 0.0112. The molecule has 2 aromatic carbocycles. The normalized spacial score (nSPS) is 13.9. The van der Waals surface area contributed by atoms with Crippen LogP contribution in [0.5, 0.6) is 0 Å². The zero-order valence-corrected chi connectivity index (χ0v) is 17.5. The first-order chi connectivity index (χ1) is 13.8. The van der Waals surface area contributed by atoms with E-state index >= 15 is 0 Å². The highest BCUT2D eigenvalue weighted by molar-refractivity contribution is 7.89. The molecule has 154 valence electrons. The molecule has 7 heteroatoms. The number of benzene rings is 2. The zero-order chi connectivity index (χ0) is 21.0. The molecule has 1 aliphatic rings. The predicted molar refractivity (Wildman–Crippen MR) is 111 cm³/mol. The Bertz CT molecular complexity index is 978. The molecule has 0 saturated heterocycles. The summed E-state index contributed by atoms with van der Waals surface area (Å²) in [6, 6.07) is 12.8. The molecule has 2 aromatic rings. The van der Waals surface area contributed by atoms with Crippen LogP contribution in [0.1, 0.15) is 53.0 Å². The maximum atomic E-state index is 12.6. The molecule has 6 nitrogen and oxygen atoms in total. The van der Waals surface area contributed by atoms with Crippen molar-refractivity contribution in [3.05, 3.63) is 65.2 Å². The van der Waals surface area contributed by atoms with Crippen molar-refractivity contribution in [2.75, 3.05) is 13.1 Å². The maximum absolute atomic E-state index is 12.6. The number of carbonyl (C=O) groups is 2. The van der Waals surface area contributed by atoms with Crippen molar-refractivity contribution in [1.29, 1.82) is 0 Å². The lowest BCUT2D eigenvalue weighted by Crippen LogP contribution is -2.32. The third-order valence-corrected chi connectivity index (χ3v) is 6.50. The average molecular weight is 415 g/mol. The number of sulfonamides is 1. The van der Waals surface area contributed by atoms with Gasteiger partial charge in [0, 0.05) is 30.8 Å². The number of carbonyl (C=O) groups excluding carboxylic acids is 2. The van der Waals surface area contributed by atoms with Crippen LogP contribution < -0.4 is 4.72 Å². The second-order valence-corrected chi connectivity index (χ2v) is 9.16. The van der Waals surface area contributed by atoms with Gasteiger partial charge in [0.1, 0.15) is 0 Å². The zero-order valence-electron chi connectivity index (χ0n) is 16.7. The number of nitrogens with one attached hydrogen (secondary N) is 1. The lowest BCUT2D eigenvalue weighted by molar-refractivity contribution is 0.0756.